The van der Waals surface area contributed by atoms with Crippen molar-refractivity contribution >= 4 is 23.1 Å². The van der Waals surface area contributed by atoms with Gasteiger partial charge in [-0.1, -0.05) is 0 Å². The maximum Gasteiger partial charge on any atom is 0.255 e. The first-order chi connectivity index (χ1) is 14.7. The smallest absolute Gasteiger partial charge is 0.255 e. The zero-order chi connectivity index (χ0) is 20.3. The van der Waals surface area contributed by atoms with E-state index in [1.165, 1.54) is 6.33 Å². The minimum Gasteiger partial charge on any atom is -0.454 e. The molecule has 2 N–H and O–H groups in total. The Morgan fingerprint density at radius 3 is 2.63 bits per heavy atom. The lowest BCUT2D eigenvalue weighted by molar-refractivity contribution is 0.102. The van der Waals surface area contributed by atoms with Gasteiger partial charge in [0.05, 0.1) is 0 Å². The predicted molar refractivity (Wildman–Crippen MR) is 109 cm³/mol. The van der Waals surface area contributed by atoms with Gasteiger partial charge in [-0.25, -0.2) is 15.0 Å². The topological polar surface area (TPSA) is 103 Å². The van der Waals surface area contributed by atoms with Gasteiger partial charge in [-0.15, -0.1) is 0 Å². The summed E-state index contributed by atoms with van der Waals surface area (Å²) in [5, 5.41) is 6.09. The van der Waals surface area contributed by atoms with Gasteiger partial charge >= 0.3 is 0 Å². The van der Waals surface area contributed by atoms with E-state index in [2.05, 4.69) is 25.6 Å². The summed E-state index contributed by atoms with van der Waals surface area (Å²) in [5.74, 6) is 2.34. The van der Waals surface area contributed by atoms with Crippen LogP contribution in [0.5, 0.6) is 11.5 Å². The van der Waals surface area contributed by atoms with Crippen LogP contribution in [0.1, 0.15) is 10.4 Å². The van der Waals surface area contributed by atoms with E-state index in [0.29, 0.717) is 34.4 Å². The van der Waals surface area contributed by atoms with E-state index in [-0.39, 0.29) is 12.7 Å². The van der Waals surface area contributed by atoms with Gasteiger partial charge in [-0.05, 0) is 42.5 Å². The minimum atomic E-state index is -0.227. The largest absolute Gasteiger partial charge is 0.454 e. The highest BCUT2D eigenvalue weighted by molar-refractivity contribution is 6.04. The molecule has 2 aromatic heterocycles. The normalized spacial score (nSPS) is 11.9. The molecule has 1 aliphatic rings. The maximum atomic E-state index is 12.5. The number of aromatic nitrogens is 4. The van der Waals surface area contributed by atoms with E-state index in [1.807, 2.05) is 36.5 Å². The van der Waals surface area contributed by atoms with Crippen molar-refractivity contribution in [1.29, 1.82) is 0 Å². The van der Waals surface area contributed by atoms with Crippen molar-refractivity contribution < 1.29 is 14.3 Å². The number of carbonyl (C=O) groups is 1. The fraction of sp³-hybridized carbons (Fsp3) is 0.0476. The molecule has 4 aromatic rings. The van der Waals surface area contributed by atoms with Crippen LogP contribution >= 0.6 is 0 Å². The van der Waals surface area contributed by atoms with Crippen LogP contribution in [0.15, 0.2) is 73.6 Å². The number of carbonyl (C=O) groups excluding carboxylic acids is 1. The molecule has 0 spiro atoms. The number of hydrogen-bond acceptors (Lipinski definition) is 7. The third-order valence-corrected chi connectivity index (χ3v) is 4.47. The number of nitrogens with zero attached hydrogens (tertiary/aromatic N) is 4. The van der Waals surface area contributed by atoms with Gasteiger partial charge in [-0.3, -0.25) is 9.36 Å². The maximum absolute atomic E-state index is 12.5. The van der Waals surface area contributed by atoms with Crippen molar-refractivity contribution in [2.45, 2.75) is 0 Å². The molecule has 30 heavy (non-hydrogen) atoms. The van der Waals surface area contributed by atoms with Gasteiger partial charge in [0, 0.05) is 35.4 Å². The van der Waals surface area contributed by atoms with Crippen LogP contribution in [0.2, 0.25) is 0 Å². The monoisotopic (exact) mass is 400 g/mol. The molecule has 0 unspecified atom stereocenters. The van der Waals surface area contributed by atoms with Gasteiger partial charge in [0.15, 0.2) is 11.5 Å². The molecule has 0 fully saturated rings. The number of anilines is 3. The van der Waals surface area contributed by atoms with Crippen LogP contribution in [-0.2, 0) is 0 Å². The van der Waals surface area contributed by atoms with E-state index in [4.69, 9.17) is 9.47 Å². The Morgan fingerprint density at radius 1 is 0.967 bits per heavy atom. The Kier molecular flexibility index (Phi) is 4.45. The summed E-state index contributed by atoms with van der Waals surface area (Å²) in [7, 11) is 0. The minimum absolute atomic E-state index is 0.172. The lowest BCUT2D eigenvalue weighted by Gasteiger charge is -2.09. The highest BCUT2D eigenvalue weighted by Gasteiger charge is 2.16. The summed E-state index contributed by atoms with van der Waals surface area (Å²) in [6.45, 7) is 0.172. The number of imidazole rings is 1. The zero-order valence-electron chi connectivity index (χ0n) is 15.6. The number of benzene rings is 2. The molecule has 0 saturated carbocycles. The van der Waals surface area contributed by atoms with E-state index in [1.54, 1.807) is 35.3 Å². The molecular formula is C21H16N6O3. The molecule has 1 aliphatic heterocycles. The van der Waals surface area contributed by atoms with Crippen molar-refractivity contribution in [1.82, 2.24) is 19.5 Å². The first-order valence-electron chi connectivity index (χ1n) is 9.13. The average Bonchev–Trinajstić information content (AvgIpc) is 3.47. The highest BCUT2D eigenvalue weighted by atomic mass is 16.7. The van der Waals surface area contributed by atoms with Gasteiger partial charge < -0.3 is 20.1 Å². The second-order valence-electron chi connectivity index (χ2n) is 6.46. The molecule has 3 heterocycles. The molecule has 0 bridgehead atoms. The summed E-state index contributed by atoms with van der Waals surface area (Å²) < 4.78 is 12.4. The molecule has 0 radical (unpaired) electrons. The molecule has 9 nitrogen and oxygen atoms in total. The fourth-order valence-corrected chi connectivity index (χ4v) is 2.98. The quantitative estimate of drug-likeness (QED) is 0.529. The molecule has 9 heteroatoms. The van der Waals surface area contributed by atoms with Gasteiger partial charge in [0.25, 0.3) is 5.91 Å². The molecule has 148 valence electrons. The van der Waals surface area contributed by atoms with Crippen LogP contribution in [0.3, 0.4) is 0 Å². The SMILES string of the molecule is O=C(Nc1ccc(Nc2cc(-n3ccnc3)ncn2)cc1)c1ccc2c(c1)OCO2. The Labute approximate surface area is 171 Å². The molecule has 0 aliphatic carbocycles. The van der Waals surface area contributed by atoms with Gasteiger partial charge in [-0.2, -0.15) is 0 Å². The first kappa shape index (κ1) is 17.7. The van der Waals surface area contributed by atoms with E-state index < -0.39 is 0 Å². The summed E-state index contributed by atoms with van der Waals surface area (Å²) in [6, 6.07) is 14.2. The number of nitrogens with one attached hydrogen (secondary N) is 2. The Bertz CT molecular complexity index is 1190. The fourth-order valence-electron chi connectivity index (χ4n) is 2.98. The molecule has 5 rings (SSSR count). The third kappa shape index (κ3) is 3.63. The summed E-state index contributed by atoms with van der Waals surface area (Å²) in [5.41, 5.74) is 1.99. The van der Waals surface area contributed by atoms with Crippen LogP contribution in [0.25, 0.3) is 5.82 Å². The van der Waals surface area contributed by atoms with Crippen molar-refractivity contribution in [3.8, 4) is 17.3 Å². The lowest BCUT2D eigenvalue weighted by Crippen LogP contribution is -2.11. The second kappa shape index (κ2) is 7.55. The number of rotatable bonds is 5. The number of amides is 1. The molecular weight excluding hydrogens is 384 g/mol. The zero-order valence-corrected chi connectivity index (χ0v) is 15.6. The second-order valence-corrected chi connectivity index (χ2v) is 6.46. The summed E-state index contributed by atoms with van der Waals surface area (Å²) >= 11 is 0. The summed E-state index contributed by atoms with van der Waals surface area (Å²) in [4.78, 5) is 25.0. The van der Waals surface area contributed by atoms with E-state index in [0.717, 1.165) is 5.69 Å². The highest BCUT2D eigenvalue weighted by Crippen LogP contribution is 2.32. The van der Waals surface area contributed by atoms with Crippen LogP contribution in [0, 0.1) is 0 Å². The average molecular weight is 400 g/mol. The van der Waals surface area contributed by atoms with E-state index in [9.17, 15) is 4.79 Å². The molecule has 1 amide bonds. The Balaban J connectivity index is 1.26. The standard InChI is InChI=1S/C21H16N6O3/c28-21(14-1-6-17-18(9-14)30-13-29-17)26-16-4-2-15(3-5-16)25-19-10-20(24-11-23-19)27-8-7-22-12-27/h1-12H,13H2,(H,26,28)(H,23,24,25). The van der Waals surface area contributed by atoms with Crippen molar-refractivity contribution in [3.05, 3.63) is 79.1 Å². The first-order valence-corrected chi connectivity index (χ1v) is 9.13. The van der Waals surface area contributed by atoms with Gasteiger partial charge in [0.2, 0.25) is 6.79 Å². The molecule has 0 atom stereocenters. The lowest BCUT2D eigenvalue weighted by atomic mass is 10.2. The van der Waals surface area contributed by atoms with E-state index >= 15 is 0 Å². The van der Waals surface area contributed by atoms with Crippen molar-refractivity contribution in [3.63, 3.8) is 0 Å². The van der Waals surface area contributed by atoms with Crippen LogP contribution in [0.4, 0.5) is 17.2 Å². The van der Waals surface area contributed by atoms with Gasteiger partial charge in [0.1, 0.15) is 24.3 Å². The number of hydrogen-bond donors (Lipinski definition) is 2. The third-order valence-electron chi connectivity index (χ3n) is 4.47. The number of fused-ring (bicyclic) bond motifs is 1. The molecule has 2 aromatic carbocycles. The van der Waals surface area contributed by atoms with Crippen LogP contribution in [-0.4, -0.2) is 32.2 Å². The predicted octanol–water partition coefficient (Wildman–Crippen LogP) is 3.39. The van der Waals surface area contributed by atoms with Crippen molar-refractivity contribution in [2.24, 2.45) is 0 Å². The Hall–Kier alpha value is -4.40. The molecule has 0 saturated heterocycles. The Morgan fingerprint density at radius 2 is 1.80 bits per heavy atom. The van der Waals surface area contributed by atoms with Crippen molar-refractivity contribution in [2.75, 3.05) is 17.4 Å². The van der Waals surface area contributed by atoms with Crippen LogP contribution < -0.4 is 20.1 Å². The number of ether oxygens (including phenoxy) is 2. The summed E-state index contributed by atoms with van der Waals surface area (Å²) in [6.07, 6.45) is 6.65.